The van der Waals surface area contributed by atoms with Crippen molar-refractivity contribution in [2.45, 2.75) is 10.3 Å². The van der Waals surface area contributed by atoms with Gasteiger partial charge in [0.1, 0.15) is 5.37 Å². The Morgan fingerprint density at radius 2 is 1.56 bits per heavy atom. The van der Waals surface area contributed by atoms with Crippen LogP contribution in [0.25, 0.3) is 10.4 Å². The summed E-state index contributed by atoms with van der Waals surface area (Å²) in [7, 11) is -1.39. The Kier molecular flexibility index (Phi) is 4.12. The van der Waals surface area contributed by atoms with Gasteiger partial charge >= 0.3 is 0 Å². The maximum atomic E-state index is 12.4. The van der Waals surface area contributed by atoms with E-state index in [2.05, 4.69) is 10.0 Å². The Balaban J connectivity index is 2.38. The van der Waals surface area contributed by atoms with E-state index in [-0.39, 0.29) is 0 Å². The second-order valence-electron chi connectivity index (χ2n) is 3.58. The highest BCUT2D eigenvalue weighted by atomic mass is 32.2. The van der Waals surface area contributed by atoms with Crippen molar-refractivity contribution in [1.29, 1.82) is 0 Å². The molecule has 0 unspecified atom stereocenters. The SMILES string of the molecule is [N-]=[N+]=N[C@H](c1ccccc1)[S@](=O)c1ccccc1. The molecule has 4 nitrogen and oxygen atoms in total. The van der Waals surface area contributed by atoms with Crippen LogP contribution in [0.3, 0.4) is 0 Å². The highest BCUT2D eigenvalue weighted by Gasteiger charge is 2.18. The Hall–Kier alpha value is -2.10. The van der Waals surface area contributed by atoms with Gasteiger partial charge in [0, 0.05) is 9.81 Å². The van der Waals surface area contributed by atoms with Crippen LogP contribution in [0.1, 0.15) is 10.9 Å². The first-order valence-electron chi connectivity index (χ1n) is 5.37. The van der Waals surface area contributed by atoms with E-state index in [0.717, 1.165) is 5.56 Å². The van der Waals surface area contributed by atoms with E-state index in [0.29, 0.717) is 4.90 Å². The zero-order valence-corrected chi connectivity index (χ0v) is 10.3. The maximum absolute atomic E-state index is 12.4. The van der Waals surface area contributed by atoms with Crippen molar-refractivity contribution in [2.24, 2.45) is 5.11 Å². The van der Waals surface area contributed by atoms with Gasteiger partial charge in [-0.25, -0.2) is 0 Å². The smallest absolute Gasteiger partial charge is 0.143 e. The molecule has 0 fully saturated rings. The molecule has 18 heavy (non-hydrogen) atoms. The number of benzene rings is 2. The first kappa shape index (κ1) is 12.4. The molecule has 0 bridgehead atoms. The lowest BCUT2D eigenvalue weighted by atomic mass is 10.2. The van der Waals surface area contributed by atoms with Gasteiger partial charge in [0.05, 0.1) is 10.8 Å². The van der Waals surface area contributed by atoms with E-state index in [4.69, 9.17) is 5.53 Å². The highest BCUT2D eigenvalue weighted by Crippen LogP contribution is 2.26. The first-order chi connectivity index (χ1) is 8.83. The number of hydrogen-bond acceptors (Lipinski definition) is 2. The van der Waals surface area contributed by atoms with E-state index in [1.807, 2.05) is 36.4 Å². The molecule has 0 spiro atoms. The normalized spacial score (nSPS) is 13.3. The number of azide groups is 1. The van der Waals surface area contributed by atoms with E-state index in [1.165, 1.54) is 0 Å². The van der Waals surface area contributed by atoms with Crippen molar-refractivity contribution in [3.05, 3.63) is 76.7 Å². The van der Waals surface area contributed by atoms with Crippen LogP contribution in [0.15, 0.2) is 70.7 Å². The largest absolute Gasteiger partial charge is 0.254 e. The molecule has 90 valence electrons. The van der Waals surface area contributed by atoms with Crippen LogP contribution in [0.4, 0.5) is 0 Å². The summed E-state index contributed by atoms with van der Waals surface area (Å²) in [4.78, 5) is 3.44. The van der Waals surface area contributed by atoms with E-state index in [9.17, 15) is 4.21 Å². The van der Waals surface area contributed by atoms with E-state index < -0.39 is 16.2 Å². The molecule has 0 aromatic heterocycles. The van der Waals surface area contributed by atoms with Gasteiger partial charge in [-0.3, -0.25) is 4.21 Å². The van der Waals surface area contributed by atoms with Crippen LogP contribution >= 0.6 is 0 Å². The predicted octanol–water partition coefficient (Wildman–Crippen LogP) is 3.80. The van der Waals surface area contributed by atoms with Gasteiger partial charge < -0.3 is 0 Å². The Bertz CT molecular complexity index is 580. The molecule has 0 amide bonds. The molecular formula is C13H11N3OS. The fraction of sp³-hybridized carbons (Fsp3) is 0.0769. The molecule has 0 saturated carbocycles. The fourth-order valence-electron chi connectivity index (χ4n) is 1.58. The third-order valence-corrected chi connectivity index (χ3v) is 3.93. The number of rotatable bonds is 4. The quantitative estimate of drug-likeness (QED) is 0.466. The molecule has 2 aromatic carbocycles. The van der Waals surface area contributed by atoms with Crippen molar-refractivity contribution in [3.8, 4) is 0 Å². The van der Waals surface area contributed by atoms with Crippen LogP contribution < -0.4 is 0 Å². The van der Waals surface area contributed by atoms with Crippen LogP contribution in [-0.2, 0) is 10.8 Å². The Morgan fingerprint density at radius 3 is 2.11 bits per heavy atom. The molecular weight excluding hydrogens is 246 g/mol. The van der Waals surface area contributed by atoms with E-state index in [1.54, 1.807) is 24.3 Å². The number of hydrogen-bond donors (Lipinski definition) is 0. The molecule has 0 N–H and O–H groups in total. The van der Waals surface area contributed by atoms with Gasteiger partial charge in [-0.1, -0.05) is 53.6 Å². The molecule has 5 heteroatoms. The van der Waals surface area contributed by atoms with Gasteiger partial charge in [-0.05, 0) is 23.2 Å². The zero-order chi connectivity index (χ0) is 12.8. The standard InChI is InChI=1S/C13H11N3OS/c14-16-15-13(11-7-3-1-4-8-11)18(17)12-9-5-2-6-10-12/h1-10,13H/t13-,18+/m0/s1. The van der Waals surface area contributed by atoms with Crippen molar-refractivity contribution >= 4 is 10.8 Å². The minimum absolute atomic E-state index is 0.652. The van der Waals surface area contributed by atoms with Gasteiger partial charge in [0.25, 0.3) is 0 Å². The van der Waals surface area contributed by atoms with Crippen molar-refractivity contribution in [1.82, 2.24) is 0 Å². The number of nitrogens with zero attached hydrogens (tertiary/aromatic N) is 3. The first-order valence-corrected chi connectivity index (χ1v) is 6.59. The monoisotopic (exact) mass is 257 g/mol. The lowest BCUT2D eigenvalue weighted by Gasteiger charge is -2.11. The fourth-order valence-corrected chi connectivity index (χ4v) is 2.80. The molecule has 0 radical (unpaired) electrons. The summed E-state index contributed by atoms with van der Waals surface area (Å²) >= 11 is 0. The summed E-state index contributed by atoms with van der Waals surface area (Å²) in [5.74, 6) is 0. The van der Waals surface area contributed by atoms with Crippen LogP contribution in [-0.4, -0.2) is 4.21 Å². The topological polar surface area (TPSA) is 65.8 Å². The molecule has 0 aliphatic heterocycles. The van der Waals surface area contributed by atoms with Crippen molar-refractivity contribution in [3.63, 3.8) is 0 Å². The summed E-state index contributed by atoms with van der Waals surface area (Å²) in [6.45, 7) is 0. The molecule has 0 heterocycles. The lowest BCUT2D eigenvalue weighted by molar-refractivity contribution is 0.673. The third-order valence-electron chi connectivity index (χ3n) is 2.42. The van der Waals surface area contributed by atoms with Gasteiger partial charge in [-0.15, -0.1) is 0 Å². The summed E-state index contributed by atoms with van der Waals surface area (Å²) in [6, 6.07) is 18.1. The van der Waals surface area contributed by atoms with Gasteiger partial charge in [0.2, 0.25) is 0 Å². The average Bonchev–Trinajstić information content (AvgIpc) is 2.46. The van der Waals surface area contributed by atoms with Crippen molar-refractivity contribution in [2.75, 3.05) is 0 Å². The Morgan fingerprint density at radius 1 is 1.00 bits per heavy atom. The average molecular weight is 257 g/mol. The molecule has 0 saturated heterocycles. The maximum Gasteiger partial charge on any atom is 0.143 e. The van der Waals surface area contributed by atoms with Crippen molar-refractivity contribution < 1.29 is 4.21 Å². The third kappa shape index (κ3) is 2.77. The zero-order valence-electron chi connectivity index (χ0n) is 9.51. The van der Waals surface area contributed by atoms with Gasteiger partial charge in [-0.2, -0.15) is 0 Å². The molecule has 0 aliphatic rings. The van der Waals surface area contributed by atoms with Gasteiger partial charge in [0.15, 0.2) is 0 Å². The second-order valence-corrected chi connectivity index (χ2v) is 5.09. The predicted molar refractivity (Wildman–Crippen MR) is 71.2 cm³/mol. The summed E-state index contributed by atoms with van der Waals surface area (Å²) in [5.41, 5.74) is 9.37. The summed E-state index contributed by atoms with van der Waals surface area (Å²) in [5, 5.41) is 2.96. The second kappa shape index (κ2) is 6.00. The van der Waals surface area contributed by atoms with E-state index >= 15 is 0 Å². The Labute approximate surface area is 107 Å². The van der Waals surface area contributed by atoms with Crippen LogP contribution in [0.5, 0.6) is 0 Å². The summed E-state index contributed by atoms with van der Waals surface area (Å²) in [6.07, 6.45) is 0. The minimum Gasteiger partial charge on any atom is -0.254 e. The highest BCUT2D eigenvalue weighted by molar-refractivity contribution is 7.85. The molecule has 2 rings (SSSR count). The lowest BCUT2D eigenvalue weighted by Crippen LogP contribution is -2.03. The minimum atomic E-state index is -1.39. The molecule has 2 atom stereocenters. The van der Waals surface area contributed by atoms with Crippen LogP contribution in [0, 0.1) is 0 Å². The molecule has 0 aliphatic carbocycles. The molecule has 2 aromatic rings. The summed E-state index contributed by atoms with van der Waals surface area (Å²) < 4.78 is 12.4. The van der Waals surface area contributed by atoms with Crippen LogP contribution in [0.2, 0.25) is 0 Å².